The molecule has 1 N–H and O–H groups in total. The monoisotopic (exact) mass is 288 g/mol. The molecule has 3 nitrogen and oxygen atoms in total. The molecule has 0 saturated heterocycles. The lowest BCUT2D eigenvalue weighted by atomic mass is 10.2. The summed E-state index contributed by atoms with van der Waals surface area (Å²) >= 11 is 7.41. The summed E-state index contributed by atoms with van der Waals surface area (Å²) in [5, 5.41) is 4.25. The number of hydrogen-bond acceptors (Lipinski definition) is 4. The number of methoxy groups -OCH3 is 1. The lowest BCUT2D eigenvalue weighted by Crippen LogP contribution is -2.08. The molecule has 1 aromatic rings. The molecule has 0 saturated carbocycles. The summed E-state index contributed by atoms with van der Waals surface area (Å²) in [5.41, 5.74) is 0.624. The Morgan fingerprint density at radius 2 is 2.39 bits per heavy atom. The first-order valence-electron chi connectivity index (χ1n) is 5.60. The van der Waals surface area contributed by atoms with Crippen LogP contribution in [0.4, 0.5) is 10.1 Å². The van der Waals surface area contributed by atoms with Gasteiger partial charge in [-0.25, -0.2) is 4.39 Å². The van der Waals surface area contributed by atoms with Crippen molar-refractivity contribution < 1.29 is 9.13 Å². The largest absolute Gasteiger partial charge is 0.385 e. The lowest BCUT2D eigenvalue weighted by molar-refractivity contribution is 0.190. The third-order valence-electron chi connectivity index (χ3n) is 2.48. The highest BCUT2D eigenvalue weighted by molar-refractivity contribution is 8.14. The van der Waals surface area contributed by atoms with Gasteiger partial charge in [0.05, 0.1) is 6.04 Å². The van der Waals surface area contributed by atoms with Gasteiger partial charge in [0.15, 0.2) is 5.17 Å². The van der Waals surface area contributed by atoms with E-state index in [-0.39, 0.29) is 11.9 Å². The second-order valence-electron chi connectivity index (χ2n) is 3.96. The van der Waals surface area contributed by atoms with E-state index < -0.39 is 0 Å². The van der Waals surface area contributed by atoms with Crippen LogP contribution in [0.1, 0.15) is 6.42 Å². The third-order valence-corrected chi connectivity index (χ3v) is 3.73. The van der Waals surface area contributed by atoms with E-state index in [1.807, 2.05) is 0 Å². The van der Waals surface area contributed by atoms with E-state index in [1.165, 1.54) is 12.1 Å². The average molecular weight is 289 g/mol. The number of halogens is 2. The predicted molar refractivity (Wildman–Crippen MR) is 75.2 cm³/mol. The molecule has 1 unspecified atom stereocenters. The molecule has 2 rings (SSSR count). The van der Waals surface area contributed by atoms with Gasteiger partial charge in [-0.1, -0.05) is 23.4 Å². The van der Waals surface area contributed by atoms with Crippen LogP contribution in [0, 0.1) is 5.82 Å². The zero-order chi connectivity index (χ0) is 13.0. The van der Waals surface area contributed by atoms with Crippen LogP contribution >= 0.6 is 23.4 Å². The van der Waals surface area contributed by atoms with E-state index in [2.05, 4.69) is 10.3 Å². The van der Waals surface area contributed by atoms with E-state index in [0.717, 1.165) is 17.3 Å². The Morgan fingerprint density at radius 3 is 3.11 bits per heavy atom. The minimum atomic E-state index is -0.357. The second kappa shape index (κ2) is 6.41. The van der Waals surface area contributed by atoms with E-state index in [4.69, 9.17) is 16.3 Å². The molecular formula is C12H14ClFN2OS. The van der Waals surface area contributed by atoms with Crippen LogP contribution in [0.2, 0.25) is 5.02 Å². The SMILES string of the molecule is COCCC1CSC(Nc2cc(F)cc(Cl)c2)=N1. The third kappa shape index (κ3) is 3.86. The van der Waals surface area contributed by atoms with E-state index in [9.17, 15) is 4.39 Å². The van der Waals surface area contributed by atoms with Crippen LogP contribution in [0.3, 0.4) is 0 Å². The normalized spacial score (nSPS) is 18.8. The molecule has 0 radical (unpaired) electrons. The predicted octanol–water partition coefficient (Wildman–Crippen LogP) is 3.40. The Morgan fingerprint density at radius 1 is 1.56 bits per heavy atom. The smallest absolute Gasteiger partial charge is 0.161 e. The molecule has 1 heterocycles. The molecule has 0 aliphatic carbocycles. The Hall–Kier alpha value is -0.780. The van der Waals surface area contributed by atoms with E-state index in [1.54, 1.807) is 24.9 Å². The van der Waals surface area contributed by atoms with Gasteiger partial charge in [0.1, 0.15) is 5.82 Å². The number of amidine groups is 1. The second-order valence-corrected chi connectivity index (χ2v) is 5.41. The maximum atomic E-state index is 13.2. The molecule has 6 heteroatoms. The Kier molecular flexibility index (Phi) is 4.86. The summed E-state index contributed by atoms with van der Waals surface area (Å²) in [5.74, 6) is 0.568. The Bertz CT molecular complexity index is 435. The summed E-state index contributed by atoms with van der Waals surface area (Å²) in [7, 11) is 1.68. The zero-order valence-electron chi connectivity index (χ0n) is 9.95. The van der Waals surface area contributed by atoms with Crippen LogP contribution in [-0.4, -0.2) is 30.7 Å². The summed E-state index contributed by atoms with van der Waals surface area (Å²) in [6.45, 7) is 0.702. The zero-order valence-corrected chi connectivity index (χ0v) is 11.5. The van der Waals surface area contributed by atoms with Gasteiger partial charge in [-0.15, -0.1) is 0 Å². The summed E-state index contributed by atoms with van der Waals surface area (Å²) in [4.78, 5) is 4.50. The van der Waals surface area contributed by atoms with Crippen molar-refractivity contribution >= 4 is 34.2 Å². The number of benzene rings is 1. The van der Waals surface area contributed by atoms with Gasteiger partial charge in [0.25, 0.3) is 0 Å². The maximum absolute atomic E-state index is 13.2. The van der Waals surface area contributed by atoms with Crippen LogP contribution in [0.15, 0.2) is 23.2 Å². The van der Waals surface area contributed by atoms with Gasteiger partial charge in [-0.3, -0.25) is 4.99 Å². The fourth-order valence-corrected chi connectivity index (χ4v) is 2.86. The fourth-order valence-electron chi connectivity index (χ4n) is 1.64. The minimum absolute atomic E-state index is 0.265. The van der Waals surface area contributed by atoms with E-state index >= 15 is 0 Å². The molecule has 18 heavy (non-hydrogen) atoms. The van der Waals surface area contributed by atoms with Crippen molar-refractivity contribution in [2.75, 3.05) is 24.8 Å². The highest BCUT2D eigenvalue weighted by Gasteiger charge is 2.18. The molecule has 0 spiro atoms. The van der Waals surface area contributed by atoms with Gasteiger partial charge >= 0.3 is 0 Å². The van der Waals surface area contributed by atoms with Crippen molar-refractivity contribution in [1.29, 1.82) is 0 Å². The first-order valence-corrected chi connectivity index (χ1v) is 6.96. The topological polar surface area (TPSA) is 33.6 Å². The van der Waals surface area contributed by atoms with Crippen LogP contribution < -0.4 is 5.32 Å². The molecule has 0 aromatic heterocycles. The molecule has 0 bridgehead atoms. The van der Waals surface area contributed by atoms with Crippen molar-refractivity contribution in [2.45, 2.75) is 12.5 Å². The Balaban J connectivity index is 1.97. The number of rotatable bonds is 4. The lowest BCUT2D eigenvalue weighted by Gasteiger charge is -2.05. The van der Waals surface area contributed by atoms with Crippen molar-refractivity contribution in [3.8, 4) is 0 Å². The number of anilines is 1. The summed E-state index contributed by atoms with van der Waals surface area (Å²) in [6.07, 6.45) is 0.901. The number of aliphatic imine (C=N–C) groups is 1. The molecular weight excluding hydrogens is 275 g/mol. The number of nitrogens with one attached hydrogen (secondary N) is 1. The maximum Gasteiger partial charge on any atom is 0.161 e. The minimum Gasteiger partial charge on any atom is -0.385 e. The van der Waals surface area contributed by atoms with Crippen molar-refractivity contribution in [3.63, 3.8) is 0 Å². The van der Waals surface area contributed by atoms with E-state index in [0.29, 0.717) is 17.3 Å². The quantitative estimate of drug-likeness (QED) is 0.922. The van der Waals surface area contributed by atoms with Gasteiger partial charge < -0.3 is 10.1 Å². The van der Waals surface area contributed by atoms with Crippen LogP contribution in [0.25, 0.3) is 0 Å². The molecule has 1 aliphatic rings. The number of thioether (sulfide) groups is 1. The average Bonchev–Trinajstić information content (AvgIpc) is 2.72. The molecule has 1 atom stereocenters. The van der Waals surface area contributed by atoms with Crippen molar-refractivity contribution in [2.24, 2.45) is 4.99 Å². The standard InChI is InChI=1S/C12H14ClFN2OS/c1-17-3-2-10-7-18-12(15-10)16-11-5-8(13)4-9(14)6-11/h4-6,10H,2-3,7H2,1H3,(H,15,16). The molecule has 98 valence electrons. The first-order chi connectivity index (χ1) is 8.67. The number of nitrogens with zero attached hydrogens (tertiary/aromatic N) is 1. The highest BCUT2D eigenvalue weighted by atomic mass is 35.5. The van der Waals surface area contributed by atoms with Crippen LogP contribution in [0.5, 0.6) is 0 Å². The first kappa shape index (κ1) is 13.6. The summed E-state index contributed by atoms with van der Waals surface area (Å²) < 4.78 is 18.2. The number of ether oxygens (including phenoxy) is 1. The molecule has 1 aromatic carbocycles. The summed E-state index contributed by atoms with van der Waals surface area (Å²) in [6, 6.07) is 4.62. The Labute approximate surface area is 115 Å². The highest BCUT2D eigenvalue weighted by Crippen LogP contribution is 2.24. The molecule has 0 fully saturated rings. The molecule has 1 aliphatic heterocycles. The number of hydrogen-bond donors (Lipinski definition) is 1. The van der Waals surface area contributed by atoms with Crippen molar-refractivity contribution in [3.05, 3.63) is 29.0 Å². The van der Waals surface area contributed by atoms with Gasteiger partial charge in [-0.05, 0) is 24.6 Å². The molecule has 0 amide bonds. The van der Waals surface area contributed by atoms with Gasteiger partial charge in [0, 0.05) is 30.2 Å². The van der Waals surface area contributed by atoms with Crippen LogP contribution in [-0.2, 0) is 4.74 Å². The van der Waals surface area contributed by atoms with Crippen molar-refractivity contribution in [1.82, 2.24) is 0 Å². The van der Waals surface area contributed by atoms with Gasteiger partial charge in [0.2, 0.25) is 0 Å². The van der Waals surface area contributed by atoms with Gasteiger partial charge in [-0.2, -0.15) is 0 Å². The fraction of sp³-hybridized carbons (Fsp3) is 0.417.